The van der Waals surface area contributed by atoms with Crippen LogP contribution in [0.5, 0.6) is 0 Å². The maximum Gasteiger partial charge on any atom is 0.416 e. The topological polar surface area (TPSA) is 88.1 Å². The highest BCUT2D eigenvalue weighted by atomic mass is 19.4. The molecular weight excluding hydrogens is 680 g/mol. The Kier molecular flexibility index (Phi) is 12.4. The van der Waals surface area contributed by atoms with Gasteiger partial charge in [0.25, 0.3) is 0 Å². The Hall–Kier alpha value is -3.62. The molecule has 3 atom stereocenters. The molecule has 0 N–H and O–H groups in total. The normalized spacial score (nSPS) is 24.7. The van der Waals surface area contributed by atoms with Crippen molar-refractivity contribution in [2.24, 2.45) is 11.8 Å². The number of ether oxygens (including phenoxy) is 2. The van der Waals surface area contributed by atoms with Crippen molar-refractivity contribution >= 4 is 23.5 Å². The van der Waals surface area contributed by atoms with E-state index in [-0.39, 0.29) is 66.0 Å². The molecular formula is C36H47F6N5O4. The quantitative estimate of drug-likeness (QED) is 0.187. The zero-order valence-corrected chi connectivity index (χ0v) is 29.3. The molecule has 51 heavy (non-hydrogen) atoms. The molecule has 2 aliphatic heterocycles. The number of anilines is 2. The maximum absolute atomic E-state index is 14.1. The number of morpholine rings is 1. The molecule has 3 fully saturated rings. The Labute approximate surface area is 294 Å². The van der Waals surface area contributed by atoms with Gasteiger partial charge in [0.1, 0.15) is 0 Å². The van der Waals surface area contributed by atoms with E-state index in [9.17, 15) is 35.9 Å². The lowest BCUT2D eigenvalue weighted by Crippen LogP contribution is -2.58. The van der Waals surface area contributed by atoms with Crippen LogP contribution in [0, 0.1) is 11.8 Å². The molecule has 1 amide bonds. The van der Waals surface area contributed by atoms with Gasteiger partial charge < -0.3 is 24.2 Å². The number of esters is 1. The zero-order valence-electron chi connectivity index (χ0n) is 29.3. The minimum Gasteiger partial charge on any atom is -0.469 e. The van der Waals surface area contributed by atoms with Crippen molar-refractivity contribution in [1.29, 1.82) is 0 Å². The number of alkyl halides is 6. The number of benzene rings is 1. The molecule has 1 aromatic carbocycles. The van der Waals surface area contributed by atoms with Crippen LogP contribution in [-0.4, -0.2) is 78.3 Å². The number of aromatic nitrogens is 2. The second-order valence-corrected chi connectivity index (χ2v) is 13.9. The Bertz CT molecular complexity index is 1430. The number of nitrogens with zero attached hydrogens (tertiary/aromatic N) is 5. The number of hydrogen-bond donors (Lipinski definition) is 0. The van der Waals surface area contributed by atoms with E-state index in [4.69, 9.17) is 9.47 Å². The van der Waals surface area contributed by atoms with Crippen molar-refractivity contribution in [2.45, 2.75) is 109 Å². The van der Waals surface area contributed by atoms with E-state index in [0.717, 1.165) is 30.7 Å². The second kappa shape index (κ2) is 16.4. The van der Waals surface area contributed by atoms with Gasteiger partial charge in [0.15, 0.2) is 0 Å². The minimum absolute atomic E-state index is 0.0639. The van der Waals surface area contributed by atoms with Crippen LogP contribution >= 0.6 is 0 Å². The van der Waals surface area contributed by atoms with Gasteiger partial charge in [-0.2, -0.15) is 26.3 Å². The first-order chi connectivity index (χ1) is 24.2. The van der Waals surface area contributed by atoms with E-state index in [2.05, 4.69) is 9.97 Å². The van der Waals surface area contributed by atoms with Gasteiger partial charge in [-0.15, -0.1) is 0 Å². The zero-order chi connectivity index (χ0) is 36.9. The molecule has 2 aromatic rings. The van der Waals surface area contributed by atoms with Crippen molar-refractivity contribution in [1.82, 2.24) is 14.9 Å². The Balaban J connectivity index is 1.44. The van der Waals surface area contributed by atoms with Crippen LogP contribution in [0.1, 0.15) is 88.3 Å². The molecule has 2 saturated heterocycles. The Morgan fingerprint density at radius 2 is 1.43 bits per heavy atom. The largest absolute Gasteiger partial charge is 0.469 e. The third kappa shape index (κ3) is 9.44. The summed E-state index contributed by atoms with van der Waals surface area (Å²) in [7, 11) is 1.37. The van der Waals surface area contributed by atoms with Crippen molar-refractivity contribution in [3.63, 3.8) is 0 Å². The summed E-state index contributed by atoms with van der Waals surface area (Å²) in [6.07, 6.45) is -1.45. The summed E-state index contributed by atoms with van der Waals surface area (Å²) in [6.45, 7) is 6.00. The number of amides is 1. The van der Waals surface area contributed by atoms with Crippen LogP contribution in [0.3, 0.4) is 0 Å². The molecule has 0 bridgehead atoms. The van der Waals surface area contributed by atoms with Crippen molar-refractivity contribution in [3.05, 3.63) is 47.3 Å². The lowest BCUT2D eigenvalue weighted by Gasteiger charge is -2.49. The molecule has 1 saturated carbocycles. The molecule has 1 aromatic heterocycles. The number of carbonyl (C=O) groups excluding carboxylic acids is 2. The summed E-state index contributed by atoms with van der Waals surface area (Å²) in [5.41, 5.74) is -2.19. The van der Waals surface area contributed by atoms with Gasteiger partial charge in [0.2, 0.25) is 11.9 Å². The van der Waals surface area contributed by atoms with Crippen molar-refractivity contribution in [3.8, 4) is 0 Å². The fourth-order valence-corrected chi connectivity index (χ4v) is 7.85. The summed E-state index contributed by atoms with van der Waals surface area (Å²) in [5.74, 6) is -0.0110. The second-order valence-electron chi connectivity index (χ2n) is 13.9. The van der Waals surface area contributed by atoms with Crippen LogP contribution < -0.4 is 9.80 Å². The molecule has 9 nitrogen and oxygen atoms in total. The summed E-state index contributed by atoms with van der Waals surface area (Å²) >= 11 is 0. The molecule has 0 unspecified atom stereocenters. The smallest absolute Gasteiger partial charge is 0.416 e. The number of hydrogen-bond acceptors (Lipinski definition) is 8. The van der Waals surface area contributed by atoms with Gasteiger partial charge in [0, 0.05) is 50.1 Å². The first-order valence-electron chi connectivity index (χ1n) is 17.8. The summed E-state index contributed by atoms with van der Waals surface area (Å²) in [4.78, 5) is 40.9. The van der Waals surface area contributed by atoms with Crippen LogP contribution in [0.2, 0.25) is 0 Å². The van der Waals surface area contributed by atoms with E-state index >= 15 is 0 Å². The number of halogens is 6. The maximum atomic E-state index is 14.1. The molecule has 5 rings (SSSR count). The van der Waals surface area contributed by atoms with Gasteiger partial charge >= 0.3 is 18.3 Å². The third-order valence-corrected chi connectivity index (χ3v) is 10.6. The van der Waals surface area contributed by atoms with Crippen LogP contribution in [0.25, 0.3) is 0 Å². The summed E-state index contributed by atoms with van der Waals surface area (Å²) in [6, 6.07) is 0.849. The number of likely N-dealkylation sites (tertiary alicyclic amines) is 1. The van der Waals surface area contributed by atoms with Crippen molar-refractivity contribution < 1.29 is 45.4 Å². The van der Waals surface area contributed by atoms with E-state index in [1.165, 1.54) is 7.11 Å². The molecule has 3 aliphatic rings. The van der Waals surface area contributed by atoms with Gasteiger partial charge in [-0.1, -0.05) is 13.8 Å². The van der Waals surface area contributed by atoms with Gasteiger partial charge in [0.05, 0.1) is 49.5 Å². The average molecular weight is 728 g/mol. The van der Waals surface area contributed by atoms with Crippen LogP contribution in [-0.2, 0) is 38.0 Å². The van der Waals surface area contributed by atoms with Crippen LogP contribution in [0.4, 0.5) is 38.0 Å². The highest BCUT2D eigenvalue weighted by Crippen LogP contribution is 2.40. The molecule has 3 heterocycles. The van der Waals surface area contributed by atoms with E-state index in [1.807, 2.05) is 23.6 Å². The third-order valence-electron chi connectivity index (χ3n) is 10.6. The van der Waals surface area contributed by atoms with Gasteiger partial charge in [-0.05, 0) is 81.0 Å². The van der Waals surface area contributed by atoms with E-state index in [0.29, 0.717) is 71.2 Å². The molecule has 282 valence electrons. The Morgan fingerprint density at radius 3 is 1.92 bits per heavy atom. The number of methoxy groups -OCH3 is 1. The molecule has 15 heteroatoms. The van der Waals surface area contributed by atoms with Crippen molar-refractivity contribution in [2.75, 3.05) is 43.2 Å². The lowest BCUT2D eigenvalue weighted by atomic mass is 9.78. The predicted octanol–water partition coefficient (Wildman–Crippen LogP) is 7.28. The van der Waals surface area contributed by atoms with Gasteiger partial charge in [-0.25, -0.2) is 9.97 Å². The monoisotopic (exact) mass is 727 g/mol. The standard InChI is InChI=1S/C36H47F6N5O4/c1-4-28-18-30(19-29(5-2)47(28)33(49)25-8-6-23(7-9-25)16-32(48)50-3)46(34-43-20-31(21-44-34)45-10-12-51-13-11-45)22-24-14-26(35(37,38)39)17-27(15-24)36(40,41)42/h14-15,17,20-21,23,25,28-30H,4-13,16,18-19,22H2,1-3H3/t23?,25?,28-,29+,30+. The molecule has 0 spiro atoms. The van der Waals surface area contributed by atoms with Gasteiger partial charge in [-0.3, -0.25) is 9.59 Å². The SMILES string of the molecule is CC[C@@H]1C[C@H](N(Cc2cc(C(F)(F)F)cc(C(F)(F)F)c2)c2ncc(N3CCOCC3)cn2)C[C@H](CC)N1C(=O)C1CCC(CC(=O)OC)CC1. The first-order valence-corrected chi connectivity index (χ1v) is 17.8. The summed E-state index contributed by atoms with van der Waals surface area (Å²) < 4.78 is 93.4. The fourth-order valence-electron chi connectivity index (χ4n) is 7.85. The van der Waals surface area contributed by atoms with Crippen LogP contribution in [0.15, 0.2) is 30.6 Å². The fraction of sp³-hybridized carbons (Fsp3) is 0.667. The average Bonchev–Trinajstić information content (AvgIpc) is 3.12. The number of rotatable bonds is 10. The molecule has 0 radical (unpaired) electrons. The van der Waals surface area contributed by atoms with E-state index in [1.54, 1.807) is 17.3 Å². The highest BCUT2D eigenvalue weighted by Gasteiger charge is 2.43. The number of carbonyl (C=O) groups is 2. The number of piperidine rings is 1. The Morgan fingerprint density at radius 1 is 0.882 bits per heavy atom. The van der Waals surface area contributed by atoms with E-state index < -0.39 is 23.5 Å². The predicted molar refractivity (Wildman–Crippen MR) is 178 cm³/mol. The highest BCUT2D eigenvalue weighted by molar-refractivity contribution is 5.80. The molecule has 1 aliphatic carbocycles. The first kappa shape index (κ1) is 38.6. The summed E-state index contributed by atoms with van der Waals surface area (Å²) in [5, 5.41) is 0. The minimum atomic E-state index is -4.98. The lowest BCUT2D eigenvalue weighted by molar-refractivity contribution is -0.146.